The van der Waals surface area contributed by atoms with E-state index in [0.717, 1.165) is 24.8 Å². The Morgan fingerprint density at radius 1 is 1.16 bits per heavy atom. The summed E-state index contributed by atoms with van der Waals surface area (Å²) in [5.74, 6) is -0.557. The summed E-state index contributed by atoms with van der Waals surface area (Å²) in [6, 6.07) is 14.2. The molecular weight excluding hydrogens is 338 g/mol. The number of hydrogen-bond donors (Lipinski definition) is 1. The molecule has 0 saturated carbocycles. The number of carbonyl (C=O) groups excluding carboxylic acids is 1. The molecule has 6 heteroatoms. The van der Waals surface area contributed by atoms with E-state index in [2.05, 4.69) is 15.5 Å². The van der Waals surface area contributed by atoms with Crippen molar-refractivity contribution in [2.45, 2.75) is 31.1 Å². The number of aryl methyl sites for hydroxylation is 1. The van der Waals surface area contributed by atoms with Crippen molar-refractivity contribution in [3.8, 4) is 0 Å². The van der Waals surface area contributed by atoms with Crippen molar-refractivity contribution in [1.29, 1.82) is 0 Å². The number of esters is 1. The van der Waals surface area contributed by atoms with Gasteiger partial charge in [0.25, 0.3) is 0 Å². The van der Waals surface area contributed by atoms with Gasteiger partial charge in [0.1, 0.15) is 0 Å². The number of ether oxygens (including phenoxy) is 1. The highest BCUT2D eigenvalue weighted by atomic mass is 32.2. The molecule has 0 saturated heterocycles. The molecule has 0 unspecified atom stereocenters. The SMILES string of the molecule is COC(=O)c1ccc(CS(=O)(=O)N[C@@H]2CCCc3ccccc32)cc1. The third kappa shape index (κ3) is 4.27. The fourth-order valence-corrected chi connectivity index (χ4v) is 4.60. The van der Waals surface area contributed by atoms with Crippen molar-refractivity contribution < 1.29 is 17.9 Å². The largest absolute Gasteiger partial charge is 0.465 e. The molecule has 1 atom stereocenters. The van der Waals surface area contributed by atoms with Gasteiger partial charge in [-0.25, -0.2) is 17.9 Å². The van der Waals surface area contributed by atoms with Gasteiger partial charge in [0.2, 0.25) is 10.0 Å². The van der Waals surface area contributed by atoms with Crippen LogP contribution in [0.1, 0.15) is 45.9 Å². The summed E-state index contributed by atoms with van der Waals surface area (Å²) in [7, 11) is -2.17. The van der Waals surface area contributed by atoms with Gasteiger partial charge in [-0.3, -0.25) is 0 Å². The predicted octanol–water partition coefficient (Wildman–Crippen LogP) is 2.97. The van der Waals surface area contributed by atoms with Crippen LogP contribution in [0.3, 0.4) is 0 Å². The molecule has 3 rings (SSSR count). The molecule has 25 heavy (non-hydrogen) atoms. The maximum Gasteiger partial charge on any atom is 0.337 e. The minimum absolute atomic E-state index is 0.118. The summed E-state index contributed by atoms with van der Waals surface area (Å²) >= 11 is 0. The van der Waals surface area contributed by atoms with Crippen LogP contribution in [0.5, 0.6) is 0 Å². The molecule has 1 aliphatic carbocycles. The van der Waals surface area contributed by atoms with Gasteiger partial charge < -0.3 is 4.74 Å². The predicted molar refractivity (Wildman–Crippen MR) is 95.7 cm³/mol. The zero-order valence-electron chi connectivity index (χ0n) is 14.1. The zero-order valence-corrected chi connectivity index (χ0v) is 14.9. The van der Waals surface area contributed by atoms with Crippen molar-refractivity contribution in [3.05, 3.63) is 70.8 Å². The van der Waals surface area contributed by atoms with Gasteiger partial charge in [0, 0.05) is 6.04 Å². The summed E-state index contributed by atoms with van der Waals surface area (Å²) in [5.41, 5.74) is 3.31. The Bertz CT molecular complexity index is 859. The number of benzene rings is 2. The molecule has 0 heterocycles. The molecule has 0 radical (unpaired) electrons. The number of nitrogens with one attached hydrogen (secondary N) is 1. The highest BCUT2D eigenvalue weighted by Gasteiger charge is 2.24. The van der Waals surface area contributed by atoms with E-state index in [1.165, 1.54) is 12.7 Å². The molecular formula is C19H21NO4S. The van der Waals surface area contributed by atoms with Crippen LogP contribution in [0, 0.1) is 0 Å². The van der Waals surface area contributed by atoms with Crippen LogP contribution in [-0.4, -0.2) is 21.5 Å². The Balaban J connectivity index is 1.72. The lowest BCUT2D eigenvalue weighted by Crippen LogP contribution is -2.32. The average molecular weight is 359 g/mol. The molecule has 0 amide bonds. The molecule has 2 aromatic carbocycles. The fraction of sp³-hybridized carbons (Fsp3) is 0.316. The van der Waals surface area contributed by atoms with Crippen LogP contribution in [0.25, 0.3) is 0 Å². The maximum absolute atomic E-state index is 12.6. The third-order valence-electron chi connectivity index (χ3n) is 4.42. The maximum atomic E-state index is 12.6. The molecule has 0 spiro atoms. The normalized spacial score (nSPS) is 16.9. The van der Waals surface area contributed by atoms with Gasteiger partial charge in [-0.2, -0.15) is 0 Å². The molecule has 0 aromatic heterocycles. The van der Waals surface area contributed by atoms with Crippen molar-refractivity contribution >= 4 is 16.0 Å². The van der Waals surface area contributed by atoms with E-state index in [4.69, 9.17) is 0 Å². The van der Waals surface area contributed by atoms with Gasteiger partial charge in [-0.15, -0.1) is 0 Å². The van der Waals surface area contributed by atoms with E-state index in [0.29, 0.717) is 11.1 Å². The lowest BCUT2D eigenvalue weighted by molar-refractivity contribution is 0.0600. The molecule has 0 aliphatic heterocycles. The van der Waals surface area contributed by atoms with E-state index in [1.807, 2.05) is 18.2 Å². The zero-order chi connectivity index (χ0) is 17.9. The van der Waals surface area contributed by atoms with Gasteiger partial charge in [-0.1, -0.05) is 36.4 Å². The average Bonchev–Trinajstić information content (AvgIpc) is 2.61. The number of rotatable bonds is 5. The van der Waals surface area contributed by atoms with Crippen molar-refractivity contribution in [2.75, 3.05) is 7.11 Å². The number of carbonyl (C=O) groups is 1. The first kappa shape index (κ1) is 17.6. The number of fused-ring (bicyclic) bond motifs is 1. The van der Waals surface area contributed by atoms with Crippen LogP contribution in [0.15, 0.2) is 48.5 Å². The highest BCUT2D eigenvalue weighted by molar-refractivity contribution is 7.88. The van der Waals surface area contributed by atoms with Gasteiger partial charge in [0.05, 0.1) is 18.4 Å². The fourth-order valence-electron chi connectivity index (χ4n) is 3.21. The van der Waals surface area contributed by atoms with Crippen LogP contribution in [0.2, 0.25) is 0 Å². The summed E-state index contributed by atoms with van der Waals surface area (Å²) in [6.45, 7) is 0. The molecule has 2 aromatic rings. The summed E-state index contributed by atoms with van der Waals surface area (Å²) in [6.07, 6.45) is 2.76. The molecule has 1 aliphatic rings. The Kier molecular flexibility index (Phi) is 5.20. The van der Waals surface area contributed by atoms with E-state index >= 15 is 0 Å². The first-order valence-corrected chi connectivity index (χ1v) is 9.89. The van der Waals surface area contributed by atoms with E-state index < -0.39 is 16.0 Å². The smallest absolute Gasteiger partial charge is 0.337 e. The Hall–Kier alpha value is -2.18. The van der Waals surface area contributed by atoms with Gasteiger partial charge in [-0.05, 0) is 48.1 Å². The second-order valence-electron chi connectivity index (χ2n) is 6.21. The molecule has 0 fully saturated rings. The number of sulfonamides is 1. The third-order valence-corrected chi connectivity index (χ3v) is 5.78. The standard InChI is InChI=1S/C19H21NO4S/c1-24-19(21)16-11-9-14(10-12-16)13-25(22,23)20-18-8-4-6-15-5-2-3-7-17(15)18/h2-3,5,7,9-12,18,20H,4,6,8,13H2,1H3/t18-/m1/s1. The summed E-state index contributed by atoms with van der Waals surface area (Å²) in [5, 5.41) is 0. The second kappa shape index (κ2) is 7.37. The van der Waals surface area contributed by atoms with Gasteiger partial charge >= 0.3 is 5.97 Å². The van der Waals surface area contributed by atoms with Crippen LogP contribution in [0.4, 0.5) is 0 Å². The second-order valence-corrected chi connectivity index (χ2v) is 7.96. The van der Waals surface area contributed by atoms with E-state index in [9.17, 15) is 13.2 Å². The topological polar surface area (TPSA) is 72.5 Å². The van der Waals surface area contributed by atoms with Crippen LogP contribution in [-0.2, 0) is 26.9 Å². The highest BCUT2D eigenvalue weighted by Crippen LogP contribution is 2.30. The first-order valence-electron chi connectivity index (χ1n) is 8.23. The van der Waals surface area contributed by atoms with Gasteiger partial charge in [0.15, 0.2) is 0 Å². The van der Waals surface area contributed by atoms with Crippen molar-refractivity contribution in [3.63, 3.8) is 0 Å². The molecule has 1 N–H and O–H groups in total. The quantitative estimate of drug-likeness (QED) is 0.833. The number of methoxy groups -OCH3 is 1. The minimum atomic E-state index is -3.48. The molecule has 0 bridgehead atoms. The first-order chi connectivity index (χ1) is 12.0. The van der Waals surface area contributed by atoms with Crippen LogP contribution >= 0.6 is 0 Å². The van der Waals surface area contributed by atoms with E-state index in [1.54, 1.807) is 24.3 Å². The Morgan fingerprint density at radius 2 is 1.88 bits per heavy atom. The monoisotopic (exact) mass is 359 g/mol. The molecule has 5 nitrogen and oxygen atoms in total. The lowest BCUT2D eigenvalue weighted by Gasteiger charge is -2.26. The lowest BCUT2D eigenvalue weighted by atomic mass is 9.88. The van der Waals surface area contributed by atoms with E-state index in [-0.39, 0.29) is 11.8 Å². The molecule has 132 valence electrons. The minimum Gasteiger partial charge on any atom is -0.465 e. The number of hydrogen-bond acceptors (Lipinski definition) is 4. The summed E-state index contributed by atoms with van der Waals surface area (Å²) < 4.78 is 32.6. The Labute approximate surface area is 148 Å². The van der Waals surface area contributed by atoms with Crippen molar-refractivity contribution in [2.24, 2.45) is 0 Å². The Morgan fingerprint density at radius 3 is 2.60 bits per heavy atom. The van der Waals surface area contributed by atoms with Crippen molar-refractivity contribution in [1.82, 2.24) is 4.72 Å². The van der Waals surface area contributed by atoms with Crippen LogP contribution < -0.4 is 4.72 Å². The summed E-state index contributed by atoms with van der Waals surface area (Å²) in [4.78, 5) is 11.4.